The third-order valence-corrected chi connectivity index (χ3v) is 2.64. The lowest BCUT2D eigenvalue weighted by molar-refractivity contribution is -0.176. The molecule has 0 aromatic heterocycles. The fraction of sp³-hybridized carbons (Fsp3) is 0.778. The average Bonchev–Trinajstić information content (AvgIpc) is 1.95. The van der Waals surface area contributed by atoms with Gasteiger partial charge in [-0.2, -0.15) is 0 Å². The highest BCUT2D eigenvalue weighted by Gasteiger charge is 2.46. The molecule has 0 aliphatic heterocycles. The quantitative estimate of drug-likeness (QED) is 0.672. The van der Waals surface area contributed by atoms with E-state index in [9.17, 15) is 9.59 Å². The summed E-state index contributed by atoms with van der Waals surface area (Å²) in [7, 11) is 0. The van der Waals surface area contributed by atoms with E-state index in [-0.39, 0.29) is 5.41 Å². The molecule has 1 aliphatic carbocycles. The van der Waals surface area contributed by atoms with E-state index in [0.717, 1.165) is 19.3 Å². The van der Waals surface area contributed by atoms with Gasteiger partial charge in [-0.1, -0.05) is 13.3 Å². The summed E-state index contributed by atoms with van der Waals surface area (Å²) in [5.41, 5.74) is -0.350. The minimum Gasteiger partial charge on any atom is -0.478 e. The fourth-order valence-electron chi connectivity index (χ4n) is 1.65. The molecule has 1 saturated carbocycles. The number of hydrogen-bond donors (Lipinski definition) is 1. The van der Waals surface area contributed by atoms with E-state index in [1.54, 1.807) is 0 Å². The molecule has 74 valence electrons. The number of rotatable bonds is 3. The minimum atomic E-state index is -1.04. The van der Waals surface area contributed by atoms with E-state index in [1.165, 1.54) is 6.92 Å². The Balaban J connectivity index is 2.67. The van der Waals surface area contributed by atoms with Crippen LogP contribution in [0.25, 0.3) is 0 Å². The highest BCUT2D eigenvalue weighted by atomic mass is 16.6. The normalized spacial score (nSPS) is 21.4. The van der Waals surface area contributed by atoms with Crippen LogP contribution in [0.2, 0.25) is 0 Å². The number of carbonyl (C=O) groups excluding carboxylic acids is 1. The van der Waals surface area contributed by atoms with E-state index < -0.39 is 18.0 Å². The first kappa shape index (κ1) is 10.0. The van der Waals surface area contributed by atoms with Gasteiger partial charge in [-0.3, -0.25) is 4.79 Å². The predicted octanol–water partition coefficient (Wildman–Crippen LogP) is 1.19. The van der Waals surface area contributed by atoms with Crippen LogP contribution in [0.3, 0.4) is 0 Å². The van der Waals surface area contributed by atoms with E-state index >= 15 is 0 Å². The number of carbonyl (C=O) groups is 2. The first-order valence-electron chi connectivity index (χ1n) is 4.36. The summed E-state index contributed by atoms with van der Waals surface area (Å²) >= 11 is 0. The van der Waals surface area contributed by atoms with Crippen LogP contribution < -0.4 is 0 Å². The molecule has 1 atom stereocenters. The van der Waals surface area contributed by atoms with Crippen LogP contribution in [0.1, 0.15) is 33.1 Å². The Bertz CT molecular complexity index is 230. The van der Waals surface area contributed by atoms with Gasteiger partial charge in [-0.15, -0.1) is 0 Å². The second kappa shape index (κ2) is 3.36. The molecule has 0 amide bonds. The maximum atomic E-state index is 10.8. The molecule has 1 unspecified atom stereocenters. The molecule has 4 nitrogen and oxygen atoms in total. The van der Waals surface area contributed by atoms with Gasteiger partial charge >= 0.3 is 11.9 Å². The Labute approximate surface area is 76.9 Å². The molecule has 0 bridgehead atoms. The molecule has 0 aromatic carbocycles. The predicted molar refractivity (Wildman–Crippen MR) is 45.1 cm³/mol. The molecule has 1 rings (SSSR count). The van der Waals surface area contributed by atoms with E-state index in [4.69, 9.17) is 9.84 Å². The Hall–Kier alpha value is -1.06. The molecule has 0 aromatic rings. The molecule has 0 spiro atoms. The minimum absolute atomic E-state index is 0.350. The number of carboxylic acid groups (broad SMARTS) is 1. The van der Waals surface area contributed by atoms with E-state index in [2.05, 4.69) is 0 Å². The van der Waals surface area contributed by atoms with Gasteiger partial charge in [0.05, 0.1) is 0 Å². The van der Waals surface area contributed by atoms with Crippen LogP contribution in [-0.2, 0) is 14.3 Å². The van der Waals surface area contributed by atoms with Crippen molar-refractivity contribution in [3.8, 4) is 0 Å². The van der Waals surface area contributed by atoms with Crippen molar-refractivity contribution in [3.63, 3.8) is 0 Å². The van der Waals surface area contributed by atoms with Crippen molar-refractivity contribution in [2.75, 3.05) is 0 Å². The van der Waals surface area contributed by atoms with Crippen LogP contribution in [0.5, 0.6) is 0 Å². The molecular formula is C9H14O4. The van der Waals surface area contributed by atoms with Crippen molar-refractivity contribution in [1.82, 2.24) is 0 Å². The lowest BCUT2D eigenvalue weighted by Gasteiger charge is -2.41. The van der Waals surface area contributed by atoms with Crippen molar-refractivity contribution in [1.29, 1.82) is 0 Å². The molecule has 1 N–H and O–H groups in total. The third kappa shape index (κ3) is 1.99. The molecule has 1 fully saturated rings. The molecule has 0 heterocycles. The van der Waals surface area contributed by atoms with Gasteiger partial charge in [-0.05, 0) is 12.8 Å². The first-order chi connectivity index (χ1) is 5.96. The fourth-order valence-corrected chi connectivity index (χ4v) is 1.65. The zero-order valence-electron chi connectivity index (χ0n) is 7.87. The molecule has 0 radical (unpaired) electrons. The maximum Gasteiger partial charge on any atom is 0.345 e. The Morgan fingerprint density at radius 1 is 1.46 bits per heavy atom. The largest absolute Gasteiger partial charge is 0.478 e. The molecule has 4 heteroatoms. The first-order valence-corrected chi connectivity index (χ1v) is 4.36. The van der Waals surface area contributed by atoms with Crippen LogP contribution in [0, 0.1) is 5.41 Å². The van der Waals surface area contributed by atoms with E-state index in [1.807, 2.05) is 6.92 Å². The number of carboxylic acids is 1. The second-order valence-corrected chi connectivity index (χ2v) is 3.84. The monoisotopic (exact) mass is 186 g/mol. The summed E-state index contributed by atoms with van der Waals surface area (Å²) in [6.07, 6.45) is 1.68. The van der Waals surface area contributed by atoms with Gasteiger partial charge < -0.3 is 9.84 Å². The zero-order chi connectivity index (χ0) is 10.1. The maximum absolute atomic E-state index is 10.8. The summed E-state index contributed by atoms with van der Waals surface area (Å²) in [6, 6.07) is 0. The van der Waals surface area contributed by atoms with Crippen molar-refractivity contribution >= 4 is 11.9 Å². The third-order valence-electron chi connectivity index (χ3n) is 2.64. The highest BCUT2D eigenvalue weighted by Crippen LogP contribution is 2.44. The highest BCUT2D eigenvalue weighted by molar-refractivity contribution is 5.78. The van der Waals surface area contributed by atoms with Gasteiger partial charge in [-0.25, -0.2) is 4.79 Å². The van der Waals surface area contributed by atoms with Crippen molar-refractivity contribution in [2.24, 2.45) is 5.41 Å². The number of aliphatic carboxylic acids is 1. The Kier molecular flexibility index (Phi) is 2.59. The summed E-state index contributed by atoms with van der Waals surface area (Å²) < 4.78 is 4.78. The van der Waals surface area contributed by atoms with Gasteiger partial charge in [0.25, 0.3) is 0 Å². The topological polar surface area (TPSA) is 63.6 Å². The van der Waals surface area contributed by atoms with Crippen molar-refractivity contribution in [2.45, 2.75) is 39.2 Å². The SMILES string of the molecule is CC(=O)OC(C(=O)O)C1(C)CCC1. The van der Waals surface area contributed by atoms with Gasteiger partial charge in [0.1, 0.15) is 0 Å². The average molecular weight is 186 g/mol. The lowest BCUT2D eigenvalue weighted by Crippen LogP contribution is -2.46. The van der Waals surface area contributed by atoms with E-state index in [0.29, 0.717) is 0 Å². The zero-order valence-corrected chi connectivity index (χ0v) is 7.87. The Morgan fingerprint density at radius 2 is 2.00 bits per heavy atom. The van der Waals surface area contributed by atoms with Crippen LogP contribution in [0.15, 0.2) is 0 Å². The smallest absolute Gasteiger partial charge is 0.345 e. The van der Waals surface area contributed by atoms with Gasteiger partial charge in [0.2, 0.25) is 6.10 Å². The van der Waals surface area contributed by atoms with Crippen molar-refractivity contribution in [3.05, 3.63) is 0 Å². The standard InChI is InChI=1S/C9H14O4/c1-6(10)13-7(8(11)12)9(2)4-3-5-9/h7H,3-5H2,1-2H3,(H,11,12). The summed E-state index contributed by atoms with van der Waals surface area (Å²) in [6.45, 7) is 3.08. The molecule has 1 aliphatic rings. The lowest BCUT2D eigenvalue weighted by atomic mass is 9.66. The number of hydrogen-bond acceptors (Lipinski definition) is 3. The summed E-state index contributed by atoms with van der Waals surface area (Å²) in [4.78, 5) is 21.5. The second-order valence-electron chi connectivity index (χ2n) is 3.84. The summed E-state index contributed by atoms with van der Waals surface area (Å²) in [5.74, 6) is -1.57. The summed E-state index contributed by atoms with van der Waals surface area (Å²) in [5, 5.41) is 8.85. The molecule has 0 saturated heterocycles. The van der Waals surface area contributed by atoms with Crippen LogP contribution >= 0.6 is 0 Å². The van der Waals surface area contributed by atoms with Crippen LogP contribution in [-0.4, -0.2) is 23.1 Å². The molecular weight excluding hydrogens is 172 g/mol. The Morgan fingerprint density at radius 3 is 2.23 bits per heavy atom. The van der Waals surface area contributed by atoms with Crippen LogP contribution in [0.4, 0.5) is 0 Å². The molecule has 13 heavy (non-hydrogen) atoms. The number of ether oxygens (including phenoxy) is 1. The van der Waals surface area contributed by atoms with Gasteiger partial charge in [0.15, 0.2) is 0 Å². The van der Waals surface area contributed by atoms with Crippen molar-refractivity contribution < 1.29 is 19.4 Å². The van der Waals surface area contributed by atoms with Gasteiger partial charge in [0, 0.05) is 12.3 Å². The number of esters is 1.